The second kappa shape index (κ2) is 7.16. The predicted molar refractivity (Wildman–Crippen MR) is 108 cm³/mol. The average molecular weight is 389 g/mol. The van der Waals surface area contributed by atoms with Gasteiger partial charge in [0.25, 0.3) is 5.91 Å². The first kappa shape index (κ1) is 17.1. The molecule has 0 aliphatic carbocycles. The van der Waals surface area contributed by atoms with E-state index in [0.29, 0.717) is 5.92 Å². The maximum absolute atomic E-state index is 13.0. The van der Waals surface area contributed by atoms with Crippen molar-refractivity contribution in [2.75, 3.05) is 13.1 Å². The van der Waals surface area contributed by atoms with E-state index in [-0.39, 0.29) is 5.91 Å². The second-order valence-electron chi connectivity index (χ2n) is 7.01. The zero-order valence-electron chi connectivity index (χ0n) is 15.2. The van der Waals surface area contributed by atoms with Gasteiger partial charge in [0, 0.05) is 24.6 Å². The normalized spacial score (nSPS) is 15.2. The maximum atomic E-state index is 13.0. The van der Waals surface area contributed by atoms with Gasteiger partial charge in [0.15, 0.2) is 0 Å². The SMILES string of the molecule is O=C(c1cccc(-c2ccccc2)c1)N1CCC(c2nn3cnnc3s2)CC1. The van der Waals surface area contributed by atoms with Crippen molar-refractivity contribution in [3.63, 3.8) is 0 Å². The number of carbonyl (C=O) groups excluding carboxylic acids is 1. The molecule has 1 saturated heterocycles. The molecule has 140 valence electrons. The summed E-state index contributed by atoms with van der Waals surface area (Å²) in [6.07, 6.45) is 3.48. The Bertz CT molecular complexity index is 1080. The number of nitrogens with zero attached hydrogens (tertiary/aromatic N) is 5. The molecule has 4 aromatic rings. The monoisotopic (exact) mass is 389 g/mol. The molecular weight excluding hydrogens is 370 g/mol. The van der Waals surface area contributed by atoms with Crippen LogP contribution in [-0.4, -0.2) is 43.7 Å². The minimum atomic E-state index is 0.106. The zero-order valence-corrected chi connectivity index (χ0v) is 16.0. The summed E-state index contributed by atoms with van der Waals surface area (Å²) in [5.41, 5.74) is 2.94. The van der Waals surface area contributed by atoms with Crippen LogP contribution in [0.25, 0.3) is 16.1 Å². The molecule has 1 aliphatic rings. The van der Waals surface area contributed by atoms with E-state index in [9.17, 15) is 4.79 Å². The molecule has 1 aliphatic heterocycles. The summed E-state index contributed by atoms with van der Waals surface area (Å²) in [6.45, 7) is 1.50. The van der Waals surface area contributed by atoms with Crippen LogP contribution in [0.2, 0.25) is 0 Å². The van der Waals surface area contributed by atoms with Gasteiger partial charge in [-0.25, -0.2) is 0 Å². The van der Waals surface area contributed by atoms with Crippen molar-refractivity contribution < 1.29 is 4.79 Å². The summed E-state index contributed by atoms with van der Waals surface area (Å²) >= 11 is 1.59. The topological polar surface area (TPSA) is 63.4 Å². The Kier molecular flexibility index (Phi) is 4.37. The van der Waals surface area contributed by atoms with Gasteiger partial charge in [0.2, 0.25) is 4.96 Å². The molecule has 0 unspecified atom stereocenters. The second-order valence-corrected chi connectivity index (χ2v) is 8.00. The molecule has 0 N–H and O–H groups in total. The first-order valence-corrected chi connectivity index (χ1v) is 10.2. The number of amides is 1. The van der Waals surface area contributed by atoms with E-state index in [2.05, 4.69) is 27.4 Å². The number of piperidine rings is 1. The number of hydrogen-bond donors (Lipinski definition) is 0. The Morgan fingerprint density at radius 1 is 1.00 bits per heavy atom. The molecule has 28 heavy (non-hydrogen) atoms. The molecule has 0 atom stereocenters. The number of benzene rings is 2. The first-order chi connectivity index (χ1) is 13.8. The molecule has 6 nitrogen and oxygen atoms in total. The Morgan fingerprint density at radius 3 is 2.57 bits per heavy atom. The lowest BCUT2D eigenvalue weighted by molar-refractivity contribution is 0.0713. The van der Waals surface area contributed by atoms with E-state index >= 15 is 0 Å². The fraction of sp³-hybridized carbons (Fsp3) is 0.238. The molecule has 2 aromatic carbocycles. The van der Waals surface area contributed by atoms with E-state index in [0.717, 1.165) is 52.6 Å². The van der Waals surface area contributed by atoms with E-state index in [1.165, 1.54) is 0 Å². The summed E-state index contributed by atoms with van der Waals surface area (Å²) in [5, 5.41) is 13.6. The molecule has 0 radical (unpaired) electrons. The van der Waals surface area contributed by atoms with Crippen molar-refractivity contribution in [2.45, 2.75) is 18.8 Å². The van der Waals surface area contributed by atoms with Crippen LogP contribution in [0.5, 0.6) is 0 Å². The number of likely N-dealkylation sites (tertiary alicyclic amines) is 1. The predicted octanol–water partition coefficient (Wildman–Crippen LogP) is 3.87. The largest absolute Gasteiger partial charge is 0.339 e. The van der Waals surface area contributed by atoms with Crippen LogP contribution >= 0.6 is 11.3 Å². The van der Waals surface area contributed by atoms with Crippen molar-refractivity contribution in [2.24, 2.45) is 0 Å². The van der Waals surface area contributed by atoms with E-state index in [4.69, 9.17) is 0 Å². The van der Waals surface area contributed by atoms with Crippen molar-refractivity contribution in [1.29, 1.82) is 0 Å². The first-order valence-electron chi connectivity index (χ1n) is 9.39. The van der Waals surface area contributed by atoms with Gasteiger partial charge in [-0.2, -0.15) is 9.61 Å². The fourth-order valence-electron chi connectivity index (χ4n) is 3.71. The molecular formula is C21H19N5OS. The van der Waals surface area contributed by atoms with Gasteiger partial charge >= 0.3 is 0 Å². The van der Waals surface area contributed by atoms with Crippen LogP contribution in [0, 0.1) is 0 Å². The highest BCUT2D eigenvalue weighted by molar-refractivity contribution is 7.16. The third-order valence-corrected chi connectivity index (χ3v) is 6.33. The van der Waals surface area contributed by atoms with Gasteiger partial charge in [0.1, 0.15) is 11.3 Å². The van der Waals surface area contributed by atoms with Gasteiger partial charge in [-0.05, 0) is 36.1 Å². The van der Waals surface area contributed by atoms with Crippen molar-refractivity contribution in [3.8, 4) is 11.1 Å². The van der Waals surface area contributed by atoms with E-state index in [1.54, 1.807) is 22.2 Å². The molecule has 0 saturated carbocycles. The number of rotatable bonds is 3. The minimum Gasteiger partial charge on any atom is -0.339 e. The molecule has 1 fully saturated rings. The third-order valence-electron chi connectivity index (χ3n) is 5.25. The van der Waals surface area contributed by atoms with Crippen LogP contribution in [0.3, 0.4) is 0 Å². The molecule has 1 amide bonds. The fourth-order valence-corrected chi connectivity index (χ4v) is 4.70. The van der Waals surface area contributed by atoms with Crippen molar-refractivity contribution in [3.05, 3.63) is 71.5 Å². The molecule has 3 heterocycles. The number of carbonyl (C=O) groups is 1. The molecule has 0 bridgehead atoms. The highest BCUT2D eigenvalue weighted by Crippen LogP contribution is 2.31. The third kappa shape index (κ3) is 3.18. The van der Waals surface area contributed by atoms with Crippen LogP contribution in [0.15, 0.2) is 60.9 Å². The summed E-state index contributed by atoms with van der Waals surface area (Å²) < 4.78 is 1.73. The lowest BCUT2D eigenvalue weighted by Gasteiger charge is -2.31. The van der Waals surface area contributed by atoms with Crippen LogP contribution in [-0.2, 0) is 0 Å². The van der Waals surface area contributed by atoms with Crippen LogP contribution < -0.4 is 0 Å². The standard InChI is InChI=1S/C21H19N5OS/c27-20(18-8-4-7-17(13-18)15-5-2-1-3-6-15)25-11-9-16(10-12-25)19-24-26-14-22-23-21(26)28-19/h1-8,13-14,16H,9-12H2. The van der Waals surface area contributed by atoms with Gasteiger partial charge in [0.05, 0.1) is 0 Å². The summed E-state index contributed by atoms with van der Waals surface area (Å²) in [7, 11) is 0. The molecule has 2 aromatic heterocycles. The highest BCUT2D eigenvalue weighted by atomic mass is 32.1. The average Bonchev–Trinajstić information content (AvgIpc) is 3.37. The van der Waals surface area contributed by atoms with Gasteiger partial charge in [-0.15, -0.1) is 10.2 Å². The quantitative estimate of drug-likeness (QED) is 0.534. The minimum absolute atomic E-state index is 0.106. The number of fused-ring (bicyclic) bond motifs is 1. The maximum Gasteiger partial charge on any atom is 0.253 e. The molecule has 7 heteroatoms. The van der Waals surface area contributed by atoms with Gasteiger partial charge < -0.3 is 4.90 Å². The summed E-state index contributed by atoms with van der Waals surface area (Å²) in [5.74, 6) is 0.487. The van der Waals surface area contributed by atoms with E-state index < -0.39 is 0 Å². The highest BCUT2D eigenvalue weighted by Gasteiger charge is 2.27. The summed E-state index contributed by atoms with van der Waals surface area (Å²) in [4.78, 5) is 15.8. The number of aromatic nitrogens is 4. The summed E-state index contributed by atoms with van der Waals surface area (Å²) in [6, 6.07) is 18.1. The molecule has 0 spiro atoms. The Morgan fingerprint density at radius 2 is 1.79 bits per heavy atom. The van der Waals surface area contributed by atoms with Crippen molar-refractivity contribution >= 4 is 22.2 Å². The van der Waals surface area contributed by atoms with Gasteiger partial charge in [-0.3, -0.25) is 4.79 Å². The lowest BCUT2D eigenvalue weighted by atomic mass is 9.96. The smallest absolute Gasteiger partial charge is 0.253 e. The number of hydrogen-bond acceptors (Lipinski definition) is 5. The zero-order chi connectivity index (χ0) is 18.9. The van der Waals surface area contributed by atoms with Crippen LogP contribution in [0.4, 0.5) is 0 Å². The van der Waals surface area contributed by atoms with Crippen LogP contribution in [0.1, 0.15) is 34.1 Å². The Labute approximate surface area is 166 Å². The Balaban J connectivity index is 1.29. The lowest BCUT2D eigenvalue weighted by Crippen LogP contribution is -2.37. The molecule has 5 rings (SSSR count). The van der Waals surface area contributed by atoms with Crippen molar-refractivity contribution in [1.82, 2.24) is 24.7 Å². The van der Waals surface area contributed by atoms with E-state index in [1.807, 2.05) is 47.4 Å². The van der Waals surface area contributed by atoms with Gasteiger partial charge in [-0.1, -0.05) is 53.8 Å². The Hall–Kier alpha value is -3.06.